The Bertz CT molecular complexity index is 524. The molecular weight excluding hydrogens is 234 g/mol. The second-order valence-electron chi connectivity index (χ2n) is 5.80. The second kappa shape index (κ2) is 5.74. The fourth-order valence-electron chi connectivity index (χ4n) is 2.94. The zero-order chi connectivity index (χ0) is 13.1. The molecule has 1 aromatic carbocycles. The third-order valence-electron chi connectivity index (χ3n) is 4.28. The lowest BCUT2D eigenvalue weighted by atomic mass is 9.99. The summed E-state index contributed by atoms with van der Waals surface area (Å²) in [5, 5.41) is 0. The van der Waals surface area contributed by atoms with Crippen LogP contribution in [0.25, 0.3) is 11.0 Å². The average molecular weight is 257 g/mol. The fourth-order valence-corrected chi connectivity index (χ4v) is 2.94. The van der Waals surface area contributed by atoms with Crippen LogP contribution in [0, 0.1) is 5.92 Å². The first-order valence-electron chi connectivity index (χ1n) is 7.45. The first kappa shape index (κ1) is 12.7. The van der Waals surface area contributed by atoms with E-state index in [1.807, 2.05) is 6.33 Å². The van der Waals surface area contributed by atoms with Gasteiger partial charge in [-0.25, -0.2) is 4.98 Å². The molecule has 0 atom stereocenters. The maximum absolute atomic E-state index is 4.44. The first-order chi connectivity index (χ1) is 9.33. The van der Waals surface area contributed by atoms with Gasteiger partial charge in [0.05, 0.1) is 17.4 Å². The monoisotopic (exact) mass is 257 g/mol. The molecule has 0 spiro atoms. The summed E-state index contributed by atoms with van der Waals surface area (Å²) >= 11 is 0. The van der Waals surface area contributed by atoms with Crippen molar-refractivity contribution in [3.8, 4) is 0 Å². The number of fused-ring (bicyclic) bond motifs is 1. The van der Waals surface area contributed by atoms with Gasteiger partial charge in [-0.1, -0.05) is 19.1 Å². The van der Waals surface area contributed by atoms with Gasteiger partial charge in [-0.05, 0) is 56.9 Å². The molecule has 0 saturated carbocycles. The Balaban J connectivity index is 1.52. The number of rotatable bonds is 4. The molecule has 1 aliphatic heterocycles. The van der Waals surface area contributed by atoms with Crippen molar-refractivity contribution in [3.63, 3.8) is 0 Å². The Morgan fingerprint density at radius 3 is 2.79 bits per heavy atom. The SMILES string of the molecule is CC1CCN(CCCn2cnc3ccccc32)CC1. The zero-order valence-corrected chi connectivity index (χ0v) is 11.8. The van der Waals surface area contributed by atoms with Crippen LogP contribution in [0.2, 0.25) is 0 Å². The normalized spacial score (nSPS) is 18.2. The van der Waals surface area contributed by atoms with E-state index >= 15 is 0 Å². The van der Waals surface area contributed by atoms with Crippen molar-refractivity contribution in [2.24, 2.45) is 5.92 Å². The summed E-state index contributed by atoms with van der Waals surface area (Å²) in [6, 6.07) is 8.38. The van der Waals surface area contributed by atoms with Gasteiger partial charge in [0.15, 0.2) is 0 Å². The highest BCUT2D eigenvalue weighted by molar-refractivity contribution is 5.74. The first-order valence-corrected chi connectivity index (χ1v) is 7.45. The van der Waals surface area contributed by atoms with Gasteiger partial charge in [-0.15, -0.1) is 0 Å². The van der Waals surface area contributed by atoms with E-state index in [1.165, 1.54) is 44.4 Å². The second-order valence-corrected chi connectivity index (χ2v) is 5.80. The third kappa shape index (κ3) is 2.98. The van der Waals surface area contributed by atoms with Crippen molar-refractivity contribution in [3.05, 3.63) is 30.6 Å². The standard InChI is InChI=1S/C16H23N3/c1-14-7-11-18(12-8-14)9-4-10-19-13-17-15-5-2-3-6-16(15)19/h2-3,5-6,13-14H,4,7-12H2,1H3. The highest BCUT2D eigenvalue weighted by atomic mass is 15.1. The van der Waals surface area contributed by atoms with Gasteiger partial charge < -0.3 is 9.47 Å². The van der Waals surface area contributed by atoms with Crippen LogP contribution in [0.4, 0.5) is 0 Å². The zero-order valence-electron chi connectivity index (χ0n) is 11.8. The summed E-state index contributed by atoms with van der Waals surface area (Å²) in [6.07, 6.45) is 5.93. The van der Waals surface area contributed by atoms with Gasteiger partial charge in [0.1, 0.15) is 0 Å². The molecule has 1 fully saturated rings. The topological polar surface area (TPSA) is 21.1 Å². The number of para-hydroxylation sites is 2. The number of hydrogen-bond donors (Lipinski definition) is 0. The summed E-state index contributed by atoms with van der Waals surface area (Å²) in [5.41, 5.74) is 2.36. The van der Waals surface area contributed by atoms with E-state index in [-0.39, 0.29) is 0 Å². The summed E-state index contributed by atoms with van der Waals surface area (Å²) in [6.45, 7) is 7.23. The molecule has 1 aromatic heterocycles. The molecular formula is C16H23N3. The van der Waals surface area contributed by atoms with Crippen LogP contribution in [0.5, 0.6) is 0 Å². The summed E-state index contributed by atoms with van der Waals surface area (Å²) in [4.78, 5) is 7.05. The van der Waals surface area contributed by atoms with Crippen LogP contribution in [0.15, 0.2) is 30.6 Å². The van der Waals surface area contributed by atoms with E-state index in [2.05, 4.69) is 45.6 Å². The minimum Gasteiger partial charge on any atom is -0.331 e. The highest BCUT2D eigenvalue weighted by Crippen LogP contribution is 2.16. The third-order valence-corrected chi connectivity index (χ3v) is 4.28. The number of imidazole rings is 1. The molecule has 0 unspecified atom stereocenters. The molecule has 1 aliphatic rings. The van der Waals surface area contributed by atoms with E-state index in [1.54, 1.807) is 0 Å². The lowest BCUT2D eigenvalue weighted by Gasteiger charge is -2.30. The molecule has 3 heteroatoms. The molecule has 0 radical (unpaired) electrons. The molecule has 2 aromatic rings. The Kier molecular flexibility index (Phi) is 3.83. The van der Waals surface area contributed by atoms with Crippen molar-refractivity contribution < 1.29 is 0 Å². The molecule has 0 aliphatic carbocycles. The molecule has 2 heterocycles. The van der Waals surface area contributed by atoms with Crippen LogP contribution in [0.3, 0.4) is 0 Å². The predicted octanol–water partition coefficient (Wildman–Crippen LogP) is 3.16. The molecule has 0 N–H and O–H groups in total. The molecule has 3 nitrogen and oxygen atoms in total. The van der Waals surface area contributed by atoms with Crippen LogP contribution in [-0.4, -0.2) is 34.1 Å². The van der Waals surface area contributed by atoms with Crippen molar-refractivity contribution in [1.82, 2.24) is 14.5 Å². The minimum absolute atomic E-state index is 0.925. The summed E-state index contributed by atoms with van der Waals surface area (Å²) < 4.78 is 2.28. The van der Waals surface area contributed by atoms with Gasteiger partial charge in [0.25, 0.3) is 0 Å². The Morgan fingerprint density at radius 1 is 1.16 bits per heavy atom. The number of aryl methyl sites for hydroxylation is 1. The number of aromatic nitrogens is 2. The quantitative estimate of drug-likeness (QED) is 0.839. The lowest BCUT2D eigenvalue weighted by molar-refractivity contribution is 0.188. The number of benzene rings is 1. The van der Waals surface area contributed by atoms with Crippen molar-refractivity contribution in [1.29, 1.82) is 0 Å². The predicted molar refractivity (Wildman–Crippen MR) is 79.2 cm³/mol. The van der Waals surface area contributed by atoms with Gasteiger partial charge in [-0.3, -0.25) is 0 Å². The Labute approximate surface area is 115 Å². The van der Waals surface area contributed by atoms with Gasteiger partial charge in [-0.2, -0.15) is 0 Å². The van der Waals surface area contributed by atoms with Crippen LogP contribution in [0.1, 0.15) is 26.2 Å². The number of piperidine rings is 1. The van der Waals surface area contributed by atoms with Crippen molar-refractivity contribution >= 4 is 11.0 Å². The van der Waals surface area contributed by atoms with Gasteiger partial charge in [0.2, 0.25) is 0 Å². The minimum atomic E-state index is 0.925. The van der Waals surface area contributed by atoms with E-state index < -0.39 is 0 Å². The molecule has 1 saturated heterocycles. The average Bonchev–Trinajstić information content (AvgIpc) is 2.85. The number of likely N-dealkylation sites (tertiary alicyclic amines) is 1. The van der Waals surface area contributed by atoms with E-state index in [0.29, 0.717) is 0 Å². The van der Waals surface area contributed by atoms with E-state index in [0.717, 1.165) is 18.0 Å². The van der Waals surface area contributed by atoms with Crippen LogP contribution < -0.4 is 0 Å². The number of nitrogens with zero attached hydrogens (tertiary/aromatic N) is 3. The molecule has 102 valence electrons. The lowest BCUT2D eigenvalue weighted by Crippen LogP contribution is -2.33. The van der Waals surface area contributed by atoms with Crippen molar-refractivity contribution in [2.75, 3.05) is 19.6 Å². The van der Waals surface area contributed by atoms with Crippen LogP contribution >= 0.6 is 0 Å². The fraction of sp³-hybridized carbons (Fsp3) is 0.562. The molecule has 3 rings (SSSR count). The molecule has 19 heavy (non-hydrogen) atoms. The van der Waals surface area contributed by atoms with E-state index in [9.17, 15) is 0 Å². The largest absolute Gasteiger partial charge is 0.331 e. The highest BCUT2D eigenvalue weighted by Gasteiger charge is 2.14. The smallest absolute Gasteiger partial charge is 0.0958 e. The van der Waals surface area contributed by atoms with Crippen molar-refractivity contribution in [2.45, 2.75) is 32.7 Å². The van der Waals surface area contributed by atoms with E-state index in [4.69, 9.17) is 0 Å². The number of hydrogen-bond acceptors (Lipinski definition) is 2. The Morgan fingerprint density at radius 2 is 1.95 bits per heavy atom. The molecule has 0 amide bonds. The van der Waals surface area contributed by atoms with Gasteiger partial charge >= 0.3 is 0 Å². The maximum atomic E-state index is 4.44. The molecule has 0 bridgehead atoms. The summed E-state index contributed by atoms with van der Waals surface area (Å²) in [5.74, 6) is 0.925. The van der Waals surface area contributed by atoms with Crippen LogP contribution in [-0.2, 0) is 6.54 Å². The summed E-state index contributed by atoms with van der Waals surface area (Å²) in [7, 11) is 0. The maximum Gasteiger partial charge on any atom is 0.0958 e. The Hall–Kier alpha value is -1.35. The van der Waals surface area contributed by atoms with Gasteiger partial charge in [0, 0.05) is 6.54 Å².